The molecule has 0 aromatic rings. The zero-order chi connectivity index (χ0) is 29.0. The van der Waals surface area contributed by atoms with Crippen molar-refractivity contribution in [2.45, 2.75) is 162 Å². The predicted octanol–water partition coefficient (Wildman–Crippen LogP) is 8.76. The molecule has 0 amide bonds. The molecule has 4 fully saturated rings. The molecule has 10 atom stereocenters. The Hall–Kier alpha value is -0.393. The number of ether oxygens (including phenoxy) is 1. The Morgan fingerprint density at radius 3 is 2.23 bits per heavy atom. The van der Waals surface area contributed by atoms with E-state index >= 15 is 0 Å². The third kappa shape index (κ3) is 6.07. The standard InChI is InChI=1S/C34H62O4Si/c1-22(2)37-31(36)16-15-30(35)23(3)27-13-14-28-26-12-11-24-21-25(38-39(9,10)32(4,5)6)17-19-33(24,7)29(26)18-20-34(27,28)8/h22-30,35H,11-21H2,1-10H3/t23-,24?,25-,26?,27?,28?,29?,30-,33-,34+/m0/s1. The first-order chi connectivity index (χ1) is 18.0. The molecule has 226 valence electrons. The number of aliphatic hydroxyl groups is 1. The van der Waals surface area contributed by atoms with Crippen LogP contribution in [0, 0.1) is 46.3 Å². The van der Waals surface area contributed by atoms with Crippen LogP contribution in [-0.2, 0) is 14.0 Å². The van der Waals surface area contributed by atoms with Gasteiger partial charge in [0.2, 0.25) is 0 Å². The lowest BCUT2D eigenvalue weighted by Gasteiger charge is -2.61. The number of aliphatic hydroxyl groups excluding tert-OH is 1. The van der Waals surface area contributed by atoms with E-state index in [0.29, 0.717) is 35.7 Å². The predicted molar refractivity (Wildman–Crippen MR) is 163 cm³/mol. The Labute approximate surface area is 241 Å². The van der Waals surface area contributed by atoms with Gasteiger partial charge in [-0.2, -0.15) is 0 Å². The van der Waals surface area contributed by atoms with Crippen molar-refractivity contribution in [1.82, 2.24) is 0 Å². The first-order valence-corrected chi connectivity index (χ1v) is 19.5. The average molecular weight is 563 g/mol. The molecule has 0 heterocycles. The van der Waals surface area contributed by atoms with Crippen molar-refractivity contribution in [3.63, 3.8) is 0 Å². The van der Waals surface area contributed by atoms with Gasteiger partial charge in [-0.1, -0.05) is 41.5 Å². The smallest absolute Gasteiger partial charge is 0.306 e. The summed E-state index contributed by atoms with van der Waals surface area (Å²) in [4.78, 5) is 12.1. The molecule has 1 N–H and O–H groups in total. The van der Waals surface area contributed by atoms with Gasteiger partial charge >= 0.3 is 5.97 Å². The minimum atomic E-state index is -1.73. The zero-order valence-electron chi connectivity index (χ0n) is 27.1. The summed E-state index contributed by atoms with van der Waals surface area (Å²) in [5, 5.41) is 11.4. The third-order valence-corrected chi connectivity index (χ3v) is 17.7. The van der Waals surface area contributed by atoms with Gasteiger partial charge in [-0.15, -0.1) is 0 Å². The van der Waals surface area contributed by atoms with Crippen molar-refractivity contribution in [2.75, 3.05) is 0 Å². The van der Waals surface area contributed by atoms with Crippen LogP contribution in [0.4, 0.5) is 0 Å². The highest BCUT2D eigenvalue weighted by molar-refractivity contribution is 6.74. The summed E-state index contributed by atoms with van der Waals surface area (Å²) in [7, 11) is -1.73. The molecule has 4 saturated carbocycles. The minimum absolute atomic E-state index is 0.0894. The average Bonchev–Trinajstić information content (AvgIpc) is 3.18. The number of esters is 1. The molecular weight excluding hydrogens is 500 g/mol. The summed E-state index contributed by atoms with van der Waals surface area (Å²) in [6.07, 6.45) is 12.7. The van der Waals surface area contributed by atoms with Crippen LogP contribution in [0.5, 0.6) is 0 Å². The fraction of sp³-hybridized carbons (Fsp3) is 0.971. The maximum Gasteiger partial charge on any atom is 0.306 e. The second kappa shape index (κ2) is 11.4. The molecule has 0 aromatic heterocycles. The maximum absolute atomic E-state index is 12.1. The Morgan fingerprint density at radius 1 is 0.949 bits per heavy atom. The summed E-state index contributed by atoms with van der Waals surface area (Å²) in [5.74, 6) is 3.92. The fourth-order valence-corrected chi connectivity index (χ4v) is 11.3. The number of fused-ring (bicyclic) bond motifs is 5. The lowest BCUT2D eigenvalue weighted by Crippen LogP contribution is -2.55. The fourth-order valence-electron chi connectivity index (χ4n) is 9.94. The molecule has 5 heteroatoms. The molecule has 39 heavy (non-hydrogen) atoms. The first kappa shape index (κ1) is 31.5. The molecule has 0 saturated heterocycles. The summed E-state index contributed by atoms with van der Waals surface area (Å²) in [6, 6.07) is 0. The highest BCUT2D eigenvalue weighted by atomic mass is 28.4. The highest BCUT2D eigenvalue weighted by Gasteiger charge is 2.61. The van der Waals surface area contributed by atoms with Crippen LogP contribution in [0.2, 0.25) is 18.1 Å². The van der Waals surface area contributed by atoms with Crippen LogP contribution in [0.3, 0.4) is 0 Å². The second-order valence-corrected chi connectivity index (χ2v) is 21.4. The molecule has 4 aliphatic carbocycles. The van der Waals surface area contributed by atoms with Gasteiger partial charge in [0.05, 0.1) is 12.2 Å². The van der Waals surface area contributed by atoms with E-state index in [4.69, 9.17) is 9.16 Å². The van der Waals surface area contributed by atoms with E-state index in [1.165, 1.54) is 57.8 Å². The maximum atomic E-state index is 12.1. The number of hydrogen-bond donors (Lipinski definition) is 1. The molecular formula is C34H62O4Si. The van der Waals surface area contributed by atoms with E-state index < -0.39 is 14.4 Å². The zero-order valence-corrected chi connectivity index (χ0v) is 28.1. The van der Waals surface area contributed by atoms with Crippen molar-refractivity contribution in [3.8, 4) is 0 Å². The van der Waals surface area contributed by atoms with Gasteiger partial charge < -0.3 is 14.3 Å². The third-order valence-electron chi connectivity index (χ3n) is 13.2. The van der Waals surface area contributed by atoms with E-state index in [2.05, 4.69) is 54.6 Å². The van der Waals surface area contributed by atoms with Gasteiger partial charge in [-0.25, -0.2) is 0 Å². The molecule has 0 aromatic carbocycles. The quantitative estimate of drug-likeness (QED) is 0.237. The van der Waals surface area contributed by atoms with E-state index in [9.17, 15) is 9.90 Å². The number of rotatable bonds is 8. The van der Waals surface area contributed by atoms with Gasteiger partial charge in [0.1, 0.15) is 0 Å². The monoisotopic (exact) mass is 562 g/mol. The summed E-state index contributed by atoms with van der Waals surface area (Å²) in [6.45, 7) is 23.2. The number of carbonyl (C=O) groups is 1. The molecule has 4 rings (SSSR count). The van der Waals surface area contributed by atoms with Gasteiger partial charge in [-0.05, 0) is 143 Å². The largest absolute Gasteiger partial charge is 0.463 e. The molecule has 0 bridgehead atoms. The summed E-state index contributed by atoms with van der Waals surface area (Å²) in [5.41, 5.74) is 0.795. The Balaban J connectivity index is 1.39. The van der Waals surface area contributed by atoms with Crippen LogP contribution >= 0.6 is 0 Å². The Morgan fingerprint density at radius 2 is 1.59 bits per heavy atom. The van der Waals surface area contributed by atoms with Gasteiger partial charge in [0.15, 0.2) is 8.32 Å². The van der Waals surface area contributed by atoms with E-state index in [0.717, 1.165) is 23.7 Å². The SMILES string of the molecule is CC(C)OC(=O)CC[C@H](O)[C@@H](C)C1CCC2C3CCC4C[C@@H](O[Si](C)(C)C(C)(C)C)CC[C@]4(C)C3CC[C@@]21C. The second-order valence-electron chi connectivity index (χ2n) is 16.7. The van der Waals surface area contributed by atoms with Crippen molar-refractivity contribution in [1.29, 1.82) is 0 Å². The molecule has 4 aliphatic rings. The molecule has 0 aliphatic heterocycles. The summed E-state index contributed by atoms with van der Waals surface area (Å²) >= 11 is 0. The van der Waals surface area contributed by atoms with Crippen LogP contribution in [-0.4, -0.2) is 37.7 Å². The van der Waals surface area contributed by atoms with Gasteiger partial charge in [-0.3, -0.25) is 4.79 Å². The van der Waals surface area contributed by atoms with E-state index in [1.54, 1.807) is 0 Å². The lowest BCUT2D eigenvalue weighted by atomic mass is 9.44. The molecule has 4 nitrogen and oxygen atoms in total. The van der Waals surface area contributed by atoms with E-state index in [1.807, 2.05) is 13.8 Å². The molecule has 0 radical (unpaired) electrons. The first-order valence-electron chi connectivity index (χ1n) is 16.5. The van der Waals surface area contributed by atoms with Crippen molar-refractivity contribution >= 4 is 14.3 Å². The Bertz CT molecular complexity index is 864. The van der Waals surface area contributed by atoms with E-state index in [-0.39, 0.29) is 23.0 Å². The van der Waals surface area contributed by atoms with Crippen molar-refractivity contribution in [3.05, 3.63) is 0 Å². The Kier molecular flexibility index (Phi) is 9.19. The molecule has 5 unspecified atom stereocenters. The summed E-state index contributed by atoms with van der Waals surface area (Å²) < 4.78 is 12.3. The lowest BCUT2D eigenvalue weighted by molar-refractivity contribution is -0.148. The number of hydrogen-bond acceptors (Lipinski definition) is 4. The minimum Gasteiger partial charge on any atom is -0.463 e. The van der Waals surface area contributed by atoms with Gasteiger partial charge in [0.25, 0.3) is 0 Å². The van der Waals surface area contributed by atoms with Crippen LogP contribution < -0.4 is 0 Å². The van der Waals surface area contributed by atoms with Crippen molar-refractivity contribution in [2.24, 2.45) is 46.3 Å². The highest BCUT2D eigenvalue weighted by Crippen LogP contribution is 2.68. The van der Waals surface area contributed by atoms with Crippen LogP contribution in [0.15, 0.2) is 0 Å². The topological polar surface area (TPSA) is 55.8 Å². The molecule has 0 spiro atoms. The van der Waals surface area contributed by atoms with Gasteiger partial charge in [0, 0.05) is 12.5 Å². The van der Waals surface area contributed by atoms with Crippen LogP contribution in [0.25, 0.3) is 0 Å². The van der Waals surface area contributed by atoms with Crippen molar-refractivity contribution < 1.29 is 19.1 Å². The normalized spacial score (nSPS) is 40.4. The number of carbonyl (C=O) groups excluding carboxylic acids is 1. The van der Waals surface area contributed by atoms with Crippen LogP contribution in [0.1, 0.15) is 126 Å².